The van der Waals surface area contributed by atoms with E-state index < -0.39 is 0 Å². The third-order valence-electron chi connectivity index (χ3n) is 3.94. The molecule has 0 atom stereocenters. The molecule has 4 nitrogen and oxygen atoms in total. The molecule has 0 bridgehead atoms. The van der Waals surface area contributed by atoms with E-state index in [1.54, 1.807) is 11.8 Å². The number of ketones is 1. The van der Waals surface area contributed by atoms with Gasteiger partial charge in [0.1, 0.15) is 5.76 Å². The minimum Gasteiger partial charge on any atom is -0.360 e. The number of Topliss-reactive ketones (excluding diaryl/α,β-unsaturated/α-hetero) is 1. The Morgan fingerprint density at radius 3 is 2.62 bits per heavy atom. The average molecular weight is 340 g/mol. The number of nitrogens with zero attached hydrogens (tertiary/aromatic N) is 2. The van der Waals surface area contributed by atoms with Crippen molar-refractivity contribution in [3.8, 4) is 5.82 Å². The summed E-state index contributed by atoms with van der Waals surface area (Å²) in [4.78, 5) is 13.8. The first-order valence-electron chi connectivity index (χ1n) is 7.81. The molecule has 0 aliphatic heterocycles. The lowest BCUT2D eigenvalue weighted by Gasteiger charge is -2.05. The molecule has 3 aromatic rings. The van der Waals surface area contributed by atoms with Gasteiger partial charge in [-0.1, -0.05) is 22.9 Å². The smallest absolute Gasteiger partial charge is 0.180 e. The number of benzene rings is 1. The van der Waals surface area contributed by atoms with E-state index in [1.165, 1.54) is 5.56 Å². The van der Waals surface area contributed by atoms with Gasteiger partial charge in [-0.25, -0.2) is 0 Å². The monoisotopic (exact) mass is 340 g/mol. The van der Waals surface area contributed by atoms with Crippen LogP contribution in [0.25, 0.3) is 5.82 Å². The van der Waals surface area contributed by atoms with Gasteiger partial charge in [-0.3, -0.25) is 9.36 Å². The van der Waals surface area contributed by atoms with Crippen LogP contribution < -0.4 is 0 Å². The molecule has 24 heavy (non-hydrogen) atoms. The molecule has 0 spiro atoms. The largest absolute Gasteiger partial charge is 0.360 e. The van der Waals surface area contributed by atoms with Gasteiger partial charge < -0.3 is 4.52 Å². The van der Waals surface area contributed by atoms with Gasteiger partial charge in [0, 0.05) is 27.9 Å². The first-order chi connectivity index (χ1) is 11.5. The Hall–Kier alpha value is -2.27. The van der Waals surface area contributed by atoms with Crippen LogP contribution in [0.4, 0.5) is 0 Å². The molecule has 2 heterocycles. The van der Waals surface area contributed by atoms with Crippen LogP contribution >= 0.6 is 11.8 Å². The van der Waals surface area contributed by atoms with E-state index in [9.17, 15) is 4.79 Å². The maximum atomic E-state index is 12.6. The molecule has 0 amide bonds. The van der Waals surface area contributed by atoms with Gasteiger partial charge in [0.15, 0.2) is 11.6 Å². The highest BCUT2D eigenvalue weighted by atomic mass is 32.2. The van der Waals surface area contributed by atoms with Crippen LogP contribution in [0.1, 0.15) is 33.1 Å². The first-order valence-corrected chi connectivity index (χ1v) is 8.79. The lowest BCUT2D eigenvalue weighted by atomic mass is 10.2. The van der Waals surface area contributed by atoms with Crippen molar-refractivity contribution >= 4 is 17.5 Å². The Labute approximate surface area is 145 Å². The van der Waals surface area contributed by atoms with Crippen LogP contribution in [-0.2, 0) is 0 Å². The Bertz CT molecular complexity index is 893. The molecule has 0 saturated heterocycles. The molecule has 0 N–H and O–H groups in total. The fourth-order valence-electron chi connectivity index (χ4n) is 2.79. The molecule has 0 aliphatic rings. The van der Waals surface area contributed by atoms with Gasteiger partial charge >= 0.3 is 0 Å². The van der Waals surface area contributed by atoms with E-state index in [4.69, 9.17) is 4.52 Å². The van der Waals surface area contributed by atoms with E-state index in [0.717, 1.165) is 27.6 Å². The maximum Gasteiger partial charge on any atom is 0.180 e. The van der Waals surface area contributed by atoms with Gasteiger partial charge in [0.2, 0.25) is 0 Å². The number of carbonyl (C=O) groups excluding carboxylic acids is 1. The van der Waals surface area contributed by atoms with Gasteiger partial charge in [-0.15, -0.1) is 11.8 Å². The van der Waals surface area contributed by atoms with Crippen molar-refractivity contribution in [1.82, 2.24) is 9.72 Å². The Morgan fingerprint density at radius 1 is 1.17 bits per heavy atom. The SMILES string of the molecule is Cc1cccc(SCC(=O)c2cc(C)n(-c3cc(C)on3)c2C)c1. The van der Waals surface area contributed by atoms with Crippen molar-refractivity contribution in [2.24, 2.45) is 0 Å². The van der Waals surface area contributed by atoms with Gasteiger partial charge in [-0.05, 0) is 45.9 Å². The van der Waals surface area contributed by atoms with Crippen LogP contribution in [0.2, 0.25) is 0 Å². The van der Waals surface area contributed by atoms with Crippen LogP contribution in [0, 0.1) is 27.7 Å². The second-order valence-electron chi connectivity index (χ2n) is 5.94. The molecule has 1 aromatic carbocycles. The third-order valence-corrected chi connectivity index (χ3v) is 4.93. The van der Waals surface area contributed by atoms with Gasteiger partial charge in [-0.2, -0.15) is 0 Å². The Balaban J connectivity index is 1.81. The minimum absolute atomic E-state index is 0.126. The van der Waals surface area contributed by atoms with Gasteiger partial charge in [0.25, 0.3) is 0 Å². The lowest BCUT2D eigenvalue weighted by molar-refractivity contribution is 0.102. The number of thioether (sulfide) groups is 1. The Kier molecular flexibility index (Phi) is 4.62. The summed E-state index contributed by atoms with van der Waals surface area (Å²) in [6.07, 6.45) is 0. The molecule has 0 aliphatic carbocycles. The fourth-order valence-corrected chi connectivity index (χ4v) is 3.69. The summed E-state index contributed by atoms with van der Waals surface area (Å²) in [6, 6.07) is 12.0. The number of aryl methyl sites for hydroxylation is 3. The molecule has 3 rings (SSSR count). The molecule has 0 radical (unpaired) electrons. The number of aromatic nitrogens is 2. The standard InChI is InChI=1S/C19H20N2O2S/c1-12-6-5-7-16(8-12)24-11-18(22)17-9-13(2)21(15(17)4)19-10-14(3)23-20-19/h5-10H,11H2,1-4H3. The highest BCUT2D eigenvalue weighted by molar-refractivity contribution is 8.00. The van der Waals surface area contributed by atoms with Gasteiger partial charge in [0.05, 0.1) is 5.75 Å². The van der Waals surface area contributed by atoms with Crippen molar-refractivity contribution in [1.29, 1.82) is 0 Å². The second-order valence-corrected chi connectivity index (χ2v) is 6.99. The molecular weight excluding hydrogens is 320 g/mol. The van der Waals surface area contributed by atoms with E-state index in [2.05, 4.69) is 24.2 Å². The first kappa shape index (κ1) is 16.6. The molecular formula is C19H20N2O2S. The van der Waals surface area contributed by atoms with Crippen LogP contribution in [-0.4, -0.2) is 21.3 Å². The van der Waals surface area contributed by atoms with E-state index in [0.29, 0.717) is 11.6 Å². The molecule has 5 heteroatoms. The summed E-state index contributed by atoms with van der Waals surface area (Å²) in [5, 5.41) is 4.06. The molecule has 2 aromatic heterocycles. The summed E-state index contributed by atoms with van der Waals surface area (Å²) >= 11 is 1.57. The van der Waals surface area contributed by atoms with Crippen LogP contribution in [0.5, 0.6) is 0 Å². The third kappa shape index (κ3) is 3.31. The average Bonchev–Trinajstić information content (AvgIpc) is 3.08. The number of hydrogen-bond acceptors (Lipinski definition) is 4. The molecule has 124 valence electrons. The lowest BCUT2D eigenvalue weighted by Crippen LogP contribution is -2.05. The Morgan fingerprint density at radius 2 is 1.96 bits per heavy atom. The van der Waals surface area contributed by atoms with Crippen molar-refractivity contribution in [3.05, 3.63) is 64.7 Å². The fraction of sp³-hybridized carbons (Fsp3) is 0.263. The zero-order chi connectivity index (χ0) is 17.3. The molecule has 0 saturated carbocycles. The predicted octanol–water partition coefficient (Wildman–Crippen LogP) is 4.67. The van der Waals surface area contributed by atoms with Crippen LogP contribution in [0.3, 0.4) is 0 Å². The minimum atomic E-state index is 0.126. The van der Waals surface area contributed by atoms with E-state index >= 15 is 0 Å². The topological polar surface area (TPSA) is 48.0 Å². The predicted molar refractivity (Wildman–Crippen MR) is 96.3 cm³/mol. The summed E-state index contributed by atoms with van der Waals surface area (Å²) in [5.41, 5.74) is 3.82. The van der Waals surface area contributed by atoms with Crippen molar-refractivity contribution in [3.63, 3.8) is 0 Å². The molecule has 0 fully saturated rings. The number of rotatable bonds is 5. The zero-order valence-electron chi connectivity index (χ0n) is 14.3. The maximum absolute atomic E-state index is 12.6. The highest BCUT2D eigenvalue weighted by Gasteiger charge is 2.18. The van der Waals surface area contributed by atoms with Crippen molar-refractivity contribution < 1.29 is 9.32 Å². The number of hydrogen-bond donors (Lipinski definition) is 0. The summed E-state index contributed by atoms with van der Waals surface area (Å²) < 4.78 is 7.11. The van der Waals surface area contributed by atoms with E-state index in [-0.39, 0.29) is 5.78 Å². The highest BCUT2D eigenvalue weighted by Crippen LogP contribution is 2.24. The van der Waals surface area contributed by atoms with Crippen LogP contribution in [0.15, 0.2) is 45.8 Å². The quantitative estimate of drug-likeness (QED) is 0.500. The summed E-state index contributed by atoms with van der Waals surface area (Å²) in [5.74, 6) is 2.01. The van der Waals surface area contributed by atoms with E-state index in [1.807, 2.05) is 49.6 Å². The summed E-state index contributed by atoms with van der Waals surface area (Å²) in [6.45, 7) is 7.83. The van der Waals surface area contributed by atoms with Crippen molar-refractivity contribution in [2.45, 2.75) is 32.6 Å². The second kappa shape index (κ2) is 6.69. The van der Waals surface area contributed by atoms with Crippen molar-refractivity contribution in [2.75, 3.05) is 5.75 Å². The normalized spacial score (nSPS) is 11.0. The number of carbonyl (C=O) groups is 1. The molecule has 0 unspecified atom stereocenters. The summed E-state index contributed by atoms with van der Waals surface area (Å²) in [7, 11) is 0. The zero-order valence-corrected chi connectivity index (χ0v) is 15.1.